The SMILES string of the molecule is COc1ccc(CN2CCCNC(C)C2=O)c(F)c1. The van der Waals surface area contributed by atoms with Crippen LogP contribution in [0.1, 0.15) is 18.9 Å². The first-order valence-electron chi connectivity index (χ1n) is 6.46. The van der Waals surface area contributed by atoms with Crippen molar-refractivity contribution in [3.05, 3.63) is 29.6 Å². The van der Waals surface area contributed by atoms with E-state index in [1.165, 1.54) is 13.2 Å². The molecule has 2 rings (SSSR count). The fourth-order valence-electron chi connectivity index (χ4n) is 2.21. The summed E-state index contributed by atoms with van der Waals surface area (Å²) >= 11 is 0. The van der Waals surface area contributed by atoms with E-state index in [2.05, 4.69) is 5.32 Å². The molecule has 1 amide bonds. The number of rotatable bonds is 3. The molecular weight excluding hydrogens is 247 g/mol. The first-order chi connectivity index (χ1) is 9.11. The quantitative estimate of drug-likeness (QED) is 0.902. The van der Waals surface area contributed by atoms with E-state index in [1.807, 2.05) is 6.92 Å². The molecule has 0 saturated carbocycles. The summed E-state index contributed by atoms with van der Waals surface area (Å²) < 4.78 is 18.9. The number of carbonyl (C=O) groups excluding carboxylic acids is 1. The fourth-order valence-corrected chi connectivity index (χ4v) is 2.21. The Labute approximate surface area is 112 Å². The van der Waals surface area contributed by atoms with Gasteiger partial charge in [-0.25, -0.2) is 4.39 Å². The zero-order valence-corrected chi connectivity index (χ0v) is 11.3. The first kappa shape index (κ1) is 13.8. The van der Waals surface area contributed by atoms with Crippen LogP contribution in [-0.2, 0) is 11.3 Å². The largest absolute Gasteiger partial charge is 0.497 e. The molecular formula is C14H19FN2O2. The van der Waals surface area contributed by atoms with Crippen molar-refractivity contribution in [2.75, 3.05) is 20.2 Å². The Morgan fingerprint density at radius 2 is 2.32 bits per heavy atom. The summed E-state index contributed by atoms with van der Waals surface area (Å²) in [6.45, 7) is 3.61. The van der Waals surface area contributed by atoms with E-state index < -0.39 is 0 Å². The molecule has 0 aromatic heterocycles. The molecule has 5 heteroatoms. The van der Waals surface area contributed by atoms with Gasteiger partial charge in [-0.15, -0.1) is 0 Å². The molecule has 1 aliphatic heterocycles. The maximum Gasteiger partial charge on any atom is 0.239 e. The number of ether oxygens (including phenoxy) is 1. The second kappa shape index (κ2) is 6.02. The minimum atomic E-state index is -0.336. The van der Waals surface area contributed by atoms with Crippen LogP contribution in [-0.4, -0.2) is 37.0 Å². The lowest BCUT2D eigenvalue weighted by molar-refractivity contribution is -0.132. The highest BCUT2D eigenvalue weighted by Gasteiger charge is 2.23. The number of amides is 1. The molecule has 1 atom stereocenters. The van der Waals surface area contributed by atoms with Gasteiger partial charge < -0.3 is 15.0 Å². The number of hydrogen-bond donors (Lipinski definition) is 1. The third kappa shape index (κ3) is 3.23. The molecule has 1 aliphatic rings. The van der Waals surface area contributed by atoms with Crippen molar-refractivity contribution in [2.24, 2.45) is 0 Å². The van der Waals surface area contributed by atoms with E-state index in [9.17, 15) is 9.18 Å². The van der Waals surface area contributed by atoms with Gasteiger partial charge >= 0.3 is 0 Å². The smallest absolute Gasteiger partial charge is 0.239 e. The number of nitrogens with zero attached hydrogens (tertiary/aromatic N) is 1. The highest BCUT2D eigenvalue weighted by atomic mass is 19.1. The molecule has 1 saturated heterocycles. The zero-order valence-electron chi connectivity index (χ0n) is 11.3. The summed E-state index contributed by atoms with van der Waals surface area (Å²) in [5, 5.41) is 3.14. The number of nitrogens with one attached hydrogen (secondary N) is 1. The maximum atomic E-state index is 13.9. The van der Waals surface area contributed by atoms with E-state index >= 15 is 0 Å². The van der Waals surface area contributed by atoms with Gasteiger partial charge in [0.25, 0.3) is 0 Å². The van der Waals surface area contributed by atoms with Crippen LogP contribution in [0.5, 0.6) is 5.75 Å². The van der Waals surface area contributed by atoms with Crippen molar-refractivity contribution in [3.63, 3.8) is 0 Å². The molecule has 1 aromatic carbocycles. The van der Waals surface area contributed by atoms with Gasteiger partial charge in [0.1, 0.15) is 11.6 Å². The average Bonchev–Trinajstić information content (AvgIpc) is 2.56. The molecule has 19 heavy (non-hydrogen) atoms. The van der Waals surface area contributed by atoms with Gasteiger partial charge in [0.2, 0.25) is 5.91 Å². The Balaban J connectivity index is 2.13. The van der Waals surface area contributed by atoms with Crippen molar-refractivity contribution in [3.8, 4) is 5.75 Å². The fraction of sp³-hybridized carbons (Fsp3) is 0.500. The van der Waals surface area contributed by atoms with Crippen LogP contribution in [0.4, 0.5) is 4.39 Å². The van der Waals surface area contributed by atoms with Crippen molar-refractivity contribution in [1.29, 1.82) is 0 Å². The van der Waals surface area contributed by atoms with Crippen molar-refractivity contribution in [2.45, 2.75) is 25.9 Å². The Bertz CT molecular complexity index is 465. The Morgan fingerprint density at radius 1 is 1.53 bits per heavy atom. The molecule has 0 bridgehead atoms. The average molecular weight is 266 g/mol. The van der Waals surface area contributed by atoms with E-state index in [4.69, 9.17) is 4.74 Å². The Kier molecular flexibility index (Phi) is 4.37. The third-order valence-electron chi connectivity index (χ3n) is 3.36. The lowest BCUT2D eigenvalue weighted by Crippen LogP contribution is -2.41. The Hall–Kier alpha value is -1.62. The summed E-state index contributed by atoms with van der Waals surface area (Å²) in [7, 11) is 1.50. The number of halogens is 1. The second-order valence-corrected chi connectivity index (χ2v) is 4.75. The van der Waals surface area contributed by atoms with Crippen molar-refractivity contribution in [1.82, 2.24) is 10.2 Å². The van der Waals surface area contributed by atoms with Crippen molar-refractivity contribution < 1.29 is 13.9 Å². The highest BCUT2D eigenvalue weighted by molar-refractivity contribution is 5.81. The monoisotopic (exact) mass is 266 g/mol. The van der Waals surface area contributed by atoms with Gasteiger partial charge in [0.05, 0.1) is 13.2 Å². The van der Waals surface area contributed by atoms with E-state index in [-0.39, 0.29) is 17.8 Å². The van der Waals surface area contributed by atoms with Crippen LogP contribution < -0.4 is 10.1 Å². The summed E-state index contributed by atoms with van der Waals surface area (Å²) in [4.78, 5) is 13.8. The van der Waals surface area contributed by atoms with Crippen LogP contribution in [0.15, 0.2) is 18.2 Å². The third-order valence-corrected chi connectivity index (χ3v) is 3.36. The first-order valence-corrected chi connectivity index (χ1v) is 6.46. The molecule has 4 nitrogen and oxygen atoms in total. The standard InChI is InChI=1S/C14H19FN2O2/c1-10-14(18)17(7-3-6-16-10)9-11-4-5-12(19-2)8-13(11)15/h4-5,8,10,16H,3,6-7,9H2,1-2H3. The van der Waals surface area contributed by atoms with Crippen LogP contribution in [0, 0.1) is 5.82 Å². The molecule has 0 spiro atoms. The van der Waals surface area contributed by atoms with Crippen LogP contribution in [0.2, 0.25) is 0 Å². The van der Waals surface area contributed by atoms with Crippen LogP contribution >= 0.6 is 0 Å². The minimum absolute atomic E-state index is 0.0210. The van der Waals surface area contributed by atoms with Gasteiger partial charge in [-0.1, -0.05) is 6.07 Å². The van der Waals surface area contributed by atoms with Crippen LogP contribution in [0.25, 0.3) is 0 Å². The molecule has 1 fully saturated rings. The van der Waals surface area contributed by atoms with Gasteiger partial charge in [-0.2, -0.15) is 0 Å². The molecule has 0 radical (unpaired) electrons. The highest BCUT2D eigenvalue weighted by Crippen LogP contribution is 2.18. The van der Waals surface area contributed by atoms with E-state index in [1.54, 1.807) is 17.0 Å². The number of carbonyl (C=O) groups is 1. The van der Waals surface area contributed by atoms with Gasteiger partial charge in [-0.3, -0.25) is 4.79 Å². The predicted molar refractivity (Wildman–Crippen MR) is 70.5 cm³/mol. The summed E-state index contributed by atoms with van der Waals surface area (Å²) in [6.07, 6.45) is 0.883. The predicted octanol–water partition coefficient (Wildman–Crippen LogP) is 1.54. The summed E-state index contributed by atoms with van der Waals surface area (Å²) in [5.74, 6) is 0.170. The molecule has 1 aromatic rings. The van der Waals surface area contributed by atoms with Crippen LogP contribution in [0.3, 0.4) is 0 Å². The minimum Gasteiger partial charge on any atom is -0.497 e. The lowest BCUT2D eigenvalue weighted by Gasteiger charge is -2.23. The number of benzene rings is 1. The van der Waals surface area contributed by atoms with Crippen molar-refractivity contribution >= 4 is 5.91 Å². The molecule has 1 unspecified atom stereocenters. The maximum absolute atomic E-state index is 13.9. The van der Waals surface area contributed by atoms with E-state index in [0.29, 0.717) is 24.4 Å². The van der Waals surface area contributed by atoms with Gasteiger partial charge in [-0.05, 0) is 26.0 Å². The summed E-state index contributed by atoms with van der Waals surface area (Å²) in [6, 6.07) is 4.52. The topological polar surface area (TPSA) is 41.6 Å². The molecule has 0 aliphatic carbocycles. The normalized spacial score (nSPS) is 20.3. The van der Waals surface area contributed by atoms with Gasteiger partial charge in [0, 0.05) is 24.7 Å². The number of hydrogen-bond acceptors (Lipinski definition) is 3. The molecule has 1 heterocycles. The zero-order chi connectivity index (χ0) is 13.8. The Morgan fingerprint density at radius 3 is 3.00 bits per heavy atom. The van der Waals surface area contributed by atoms with E-state index in [0.717, 1.165) is 13.0 Å². The van der Waals surface area contributed by atoms with Gasteiger partial charge in [0.15, 0.2) is 0 Å². The second-order valence-electron chi connectivity index (χ2n) is 4.75. The summed E-state index contributed by atoms with van der Waals surface area (Å²) in [5.41, 5.74) is 0.517. The molecule has 1 N–H and O–H groups in total. The lowest BCUT2D eigenvalue weighted by atomic mass is 10.1. The molecule has 104 valence electrons. The number of methoxy groups -OCH3 is 1.